The highest BCUT2D eigenvalue weighted by Crippen LogP contribution is 2.37. The van der Waals surface area contributed by atoms with Gasteiger partial charge in [-0.15, -0.1) is 0 Å². The van der Waals surface area contributed by atoms with Gasteiger partial charge in [0.05, 0.1) is 17.9 Å². The highest BCUT2D eigenvalue weighted by atomic mass is 19.1. The quantitative estimate of drug-likeness (QED) is 0.799. The zero-order valence-corrected chi connectivity index (χ0v) is 16.1. The Hall–Kier alpha value is -2.15. The molecule has 0 aromatic heterocycles. The van der Waals surface area contributed by atoms with Crippen molar-refractivity contribution >= 4 is 23.2 Å². The van der Waals surface area contributed by atoms with Crippen LogP contribution in [0.1, 0.15) is 33.6 Å². The van der Waals surface area contributed by atoms with Gasteiger partial charge in [-0.1, -0.05) is 6.92 Å². The van der Waals surface area contributed by atoms with Crippen molar-refractivity contribution in [1.29, 1.82) is 0 Å². The normalized spacial score (nSPS) is 27.2. The number of nitrogens with one attached hydrogen (secondary N) is 2. The average Bonchev–Trinajstić information content (AvgIpc) is 3.31. The number of morpholine rings is 1. The van der Waals surface area contributed by atoms with E-state index in [1.54, 1.807) is 12.1 Å². The first kappa shape index (κ1) is 19.6. The zero-order valence-electron chi connectivity index (χ0n) is 16.1. The Labute approximate surface area is 159 Å². The highest BCUT2D eigenvalue weighted by molar-refractivity contribution is 5.91. The lowest BCUT2D eigenvalue weighted by atomic mass is 10.2. The van der Waals surface area contributed by atoms with E-state index in [4.69, 9.17) is 4.74 Å². The van der Waals surface area contributed by atoms with E-state index >= 15 is 0 Å². The lowest BCUT2D eigenvalue weighted by Gasteiger charge is -2.37. The van der Waals surface area contributed by atoms with Crippen LogP contribution in [0.15, 0.2) is 18.2 Å². The molecule has 2 amide bonds. The van der Waals surface area contributed by atoms with Crippen molar-refractivity contribution in [3.05, 3.63) is 24.0 Å². The monoisotopic (exact) mass is 377 g/mol. The van der Waals surface area contributed by atoms with Crippen LogP contribution < -0.4 is 15.5 Å². The molecular weight excluding hydrogens is 349 g/mol. The predicted molar refractivity (Wildman–Crippen MR) is 102 cm³/mol. The summed E-state index contributed by atoms with van der Waals surface area (Å²) in [4.78, 5) is 25.7. The third-order valence-electron chi connectivity index (χ3n) is 5.09. The summed E-state index contributed by atoms with van der Waals surface area (Å²) in [6, 6.07) is 4.72. The minimum atomic E-state index is -0.370. The van der Waals surface area contributed by atoms with E-state index in [1.165, 1.54) is 6.07 Å². The van der Waals surface area contributed by atoms with Crippen molar-refractivity contribution in [2.24, 2.45) is 11.8 Å². The number of ether oxygens (including phenoxy) is 1. The fraction of sp³-hybridized carbons (Fsp3) is 0.600. The van der Waals surface area contributed by atoms with Gasteiger partial charge in [0.1, 0.15) is 5.82 Å². The number of rotatable bonds is 6. The van der Waals surface area contributed by atoms with Crippen LogP contribution in [-0.4, -0.2) is 43.7 Å². The van der Waals surface area contributed by atoms with Gasteiger partial charge in [0.15, 0.2) is 0 Å². The Morgan fingerprint density at radius 2 is 1.89 bits per heavy atom. The molecule has 1 saturated carbocycles. The second-order valence-electron chi connectivity index (χ2n) is 7.74. The SMILES string of the molecule is C[C@@H]1CN(c2ccc(NC(=O)CCNC(=O)[C@@H]3C[C@H]3C)cc2F)C[C@@H](C)O1. The molecule has 2 fully saturated rings. The molecule has 6 nitrogen and oxygen atoms in total. The largest absolute Gasteiger partial charge is 0.372 e. The Morgan fingerprint density at radius 3 is 2.48 bits per heavy atom. The summed E-state index contributed by atoms with van der Waals surface area (Å²) in [6.07, 6.45) is 1.17. The van der Waals surface area contributed by atoms with E-state index in [0.717, 1.165) is 6.42 Å². The van der Waals surface area contributed by atoms with Gasteiger partial charge in [-0.2, -0.15) is 0 Å². The Bertz CT molecular complexity index is 702. The highest BCUT2D eigenvalue weighted by Gasteiger charge is 2.38. The second kappa shape index (κ2) is 8.25. The molecule has 7 heteroatoms. The summed E-state index contributed by atoms with van der Waals surface area (Å²) >= 11 is 0. The van der Waals surface area contributed by atoms with E-state index in [9.17, 15) is 14.0 Å². The molecule has 27 heavy (non-hydrogen) atoms. The number of carbonyl (C=O) groups is 2. The third-order valence-corrected chi connectivity index (χ3v) is 5.09. The zero-order chi connectivity index (χ0) is 19.6. The third kappa shape index (κ3) is 5.19. The predicted octanol–water partition coefficient (Wildman–Crippen LogP) is 2.54. The maximum absolute atomic E-state index is 14.5. The van der Waals surface area contributed by atoms with Crippen LogP contribution in [0, 0.1) is 17.7 Å². The lowest BCUT2D eigenvalue weighted by molar-refractivity contribution is -0.122. The molecule has 1 saturated heterocycles. The molecular formula is C20H28FN3O3. The van der Waals surface area contributed by atoms with Crippen LogP contribution in [0.5, 0.6) is 0 Å². The second-order valence-corrected chi connectivity index (χ2v) is 7.74. The summed E-state index contributed by atoms with van der Waals surface area (Å²) in [5.74, 6) is -0.0669. The minimum absolute atomic E-state index is 0.0136. The molecule has 1 aliphatic carbocycles. The number of halogens is 1. The maximum atomic E-state index is 14.5. The van der Waals surface area contributed by atoms with Gasteiger partial charge >= 0.3 is 0 Å². The van der Waals surface area contributed by atoms with Crippen molar-refractivity contribution in [2.75, 3.05) is 29.9 Å². The van der Waals surface area contributed by atoms with E-state index in [2.05, 4.69) is 10.6 Å². The molecule has 0 radical (unpaired) electrons. The number of amides is 2. The fourth-order valence-electron chi connectivity index (χ4n) is 3.56. The molecule has 0 bridgehead atoms. The smallest absolute Gasteiger partial charge is 0.226 e. The van der Waals surface area contributed by atoms with E-state index in [-0.39, 0.29) is 48.7 Å². The van der Waals surface area contributed by atoms with Crippen molar-refractivity contribution < 1.29 is 18.7 Å². The summed E-state index contributed by atoms with van der Waals surface area (Å²) in [5, 5.41) is 5.46. The first-order chi connectivity index (χ1) is 12.8. The standard InChI is InChI=1S/C20H28FN3O3/c1-12-8-16(12)20(26)22-7-6-19(25)23-15-4-5-18(17(21)9-15)24-10-13(2)27-14(3)11-24/h4-5,9,12-14,16H,6-8,10-11H2,1-3H3,(H,22,26)(H,23,25)/t12-,13-,14-,16-/m1/s1. The van der Waals surface area contributed by atoms with Gasteiger partial charge in [-0.25, -0.2) is 4.39 Å². The maximum Gasteiger partial charge on any atom is 0.226 e. The molecule has 0 spiro atoms. The first-order valence-corrected chi connectivity index (χ1v) is 9.61. The summed E-state index contributed by atoms with van der Waals surface area (Å²) in [6.45, 7) is 7.53. The molecule has 2 N–H and O–H groups in total. The molecule has 3 rings (SSSR count). The number of hydrogen-bond acceptors (Lipinski definition) is 4. The van der Waals surface area contributed by atoms with Crippen LogP contribution in [0.2, 0.25) is 0 Å². The fourth-order valence-corrected chi connectivity index (χ4v) is 3.56. The first-order valence-electron chi connectivity index (χ1n) is 9.61. The van der Waals surface area contributed by atoms with Crippen LogP contribution in [-0.2, 0) is 14.3 Å². The van der Waals surface area contributed by atoms with Crippen molar-refractivity contribution in [3.8, 4) is 0 Å². The summed E-state index contributed by atoms with van der Waals surface area (Å²) in [5.41, 5.74) is 0.929. The molecule has 148 valence electrons. The molecule has 1 heterocycles. The van der Waals surface area contributed by atoms with E-state index in [0.29, 0.717) is 30.4 Å². The van der Waals surface area contributed by atoms with Gasteiger partial charge in [-0.3, -0.25) is 9.59 Å². The van der Waals surface area contributed by atoms with Gasteiger partial charge in [0.2, 0.25) is 11.8 Å². The van der Waals surface area contributed by atoms with Gasteiger partial charge in [0.25, 0.3) is 0 Å². The topological polar surface area (TPSA) is 70.7 Å². The van der Waals surface area contributed by atoms with Crippen LogP contribution in [0.4, 0.5) is 15.8 Å². The Balaban J connectivity index is 1.49. The minimum Gasteiger partial charge on any atom is -0.372 e. The molecule has 1 aromatic rings. The van der Waals surface area contributed by atoms with Gasteiger partial charge < -0.3 is 20.3 Å². The summed E-state index contributed by atoms with van der Waals surface area (Å²) in [7, 11) is 0. The number of nitrogens with zero attached hydrogens (tertiary/aromatic N) is 1. The van der Waals surface area contributed by atoms with Crippen LogP contribution in [0.25, 0.3) is 0 Å². The molecule has 0 unspecified atom stereocenters. The van der Waals surface area contributed by atoms with E-state index in [1.807, 2.05) is 25.7 Å². The van der Waals surface area contributed by atoms with Crippen LogP contribution in [0.3, 0.4) is 0 Å². The molecule has 1 aliphatic heterocycles. The molecule has 4 atom stereocenters. The van der Waals surface area contributed by atoms with Crippen molar-refractivity contribution in [2.45, 2.75) is 45.8 Å². The number of carbonyl (C=O) groups excluding carboxylic acids is 2. The molecule has 2 aliphatic rings. The Kier molecular flexibility index (Phi) is 5.99. The summed E-state index contributed by atoms with van der Waals surface area (Å²) < 4.78 is 20.2. The van der Waals surface area contributed by atoms with E-state index < -0.39 is 0 Å². The van der Waals surface area contributed by atoms with Gasteiger partial charge in [-0.05, 0) is 44.4 Å². The van der Waals surface area contributed by atoms with Crippen LogP contribution >= 0.6 is 0 Å². The molecule has 1 aromatic carbocycles. The van der Waals surface area contributed by atoms with Crippen molar-refractivity contribution in [3.63, 3.8) is 0 Å². The number of hydrogen-bond donors (Lipinski definition) is 2. The Morgan fingerprint density at radius 1 is 1.22 bits per heavy atom. The average molecular weight is 377 g/mol. The van der Waals surface area contributed by atoms with Crippen molar-refractivity contribution in [1.82, 2.24) is 5.32 Å². The van der Waals surface area contributed by atoms with Gasteiger partial charge in [0, 0.05) is 37.7 Å². The lowest BCUT2D eigenvalue weighted by Crippen LogP contribution is -2.45. The number of anilines is 2. The number of benzene rings is 1.